The van der Waals surface area contributed by atoms with Crippen molar-refractivity contribution in [3.8, 4) is 11.8 Å². The molecule has 0 aliphatic rings. The summed E-state index contributed by atoms with van der Waals surface area (Å²) in [4.78, 5) is 0. The molecule has 0 bridgehead atoms. The molecular formula is C14H20N2O. The van der Waals surface area contributed by atoms with Gasteiger partial charge in [0.2, 0.25) is 0 Å². The van der Waals surface area contributed by atoms with Crippen LogP contribution >= 0.6 is 0 Å². The summed E-state index contributed by atoms with van der Waals surface area (Å²) in [5.41, 5.74) is 3.55. The maximum Gasteiger partial charge on any atom is 0.125 e. The van der Waals surface area contributed by atoms with E-state index in [4.69, 9.17) is 10.00 Å². The van der Waals surface area contributed by atoms with Crippen molar-refractivity contribution in [3.63, 3.8) is 0 Å². The maximum atomic E-state index is 8.80. The van der Waals surface area contributed by atoms with Gasteiger partial charge in [0.1, 0.15) is 5.75 Å². The van der Waals surface area contributed by atoms with Gasteiger partial charge in [0.25, 0.3) is 0 Å². The van der Waals surface area contributed by atoms with Crippen LogP contribution in [0, 0.1) is 32.1 Å². The number of hydrogen-bond acceptors (Lipinski definition) is 3. The normalized spacial score (nSPS) is 11.9. The fraction of sp³-hybridized carbons (Fsp3) is 0.500. The number of nitrogens with one attached hydrogen (secondary N) is 1. The van der Waals surface area contributed by atoms with Gasteiger partial charge in [-0.2, -0.15) is 5.26 Å². The molecule has 0 saturated heterocycles. The molecule has 0 heterocycles. The zero-order valence-corrected chi connectivity index (χ0v) is 11.0. The Hall–Kier alpha value is -1.53. The molecule has 1 N–H and O–H groups in total. The minimum absolute atomic E-state index is 0.138. The molecule has 0 aliphatic heterocycles. The second-order valence-corrected chi connectivity index (χ2v) is 4.34. The van der Waals surface area contributed by atoms with E-state index in [1.54, 1.807) is 7.05 Å². The Morgan fingerprint density at radius 1 is 1.29 bits per heavy atom. The number of rotatable bonds is 5. The van der Waals surface area contributed by atoms with Crippen molar-refractivity contribution in [2.24, 2.45) is 0 Å². The number of nitrogens with zero attached hydrogens (tertiary/aromatic N) is 1. The number of ether oxygens (including phenoxy) is 1. The maximum absolute atomic E-state index is 8.80. The number of aryl methyl sites for hydroxylation is 3. The second kappa shape index (κ2) is 6.27. The minimum Gasteiger partial charge on any atom is -0.493 e. The number of nitriles is 1. The molecule has 0 radical (unpaired) electrons. The quantitative estimate of drug-likeness (QED) is 0.848. The Bertz CT molecular complexity index is 398. The van der Waals surface area contributed by atoms with Crippen LogP contribution in [0.3, 0.4) is 0 Å². The lowest BCUT2D eigenvalue weighted by Crippen LogP contribution is -2.25. The second-order valence-electron chi connectivity index (χ2n) is 4.34. The molecule has 1 atom stereocenters. The summed E-state index contributed by atoms with van der Waals surface area (Å²) in [5.74, 6) is 0.948. The molecule has 3 heteroatoms. The molecule has 0 spiro atoms. The van der Waals surface area contributed by atoms with E-state index >= 15 is 0 Å². The van der Waals surface area contributed by atoms with Gasteiger partial charge in [0.05, 0.1) is 18.7 Å². The Kier molecular flexibility index (Phi) is 4.99. The summed E-state index contributed by atoms with van der Waals surface area (Å²) < 4.78 is 5.77. The molecule has 3 nitrogen and oxygen atoms in total. The monoisotopic (exact) mass is 232 g/mol. The Balaban J connectivity index is 2.61. The Morgan fingerprint density at radius 2 is 1.88 bits per heavy atom. The van der Waals surface area contributed by atoms with Crippen molar-refractivity contribution in [1.29, 1.82) is 5.26 Å². The highest BCUT2D eigenvalue weighted by atomic mass is 16.5. The lowest BCUT2D eigenvalue weighted by atomic mass is 10.1. The highest BCUT2D eigenvalue weighted by Crippen LogP contribution is 2.24. The van der Waals surface area contributed by atoms with E-state index in [9.17, 15) is 0 Å². The van der Waals surface area contributed by atoms with Crippen LogP contribution < -0.4 is 10.1 Å². The summed E-state index contributed by atoms with van der Waals surface area (Å²) in [5, 5.41) is 11.7. The lowest BCUT2D eigenvalue weighted by Gasteiger charge is -2.14. The average molecular weight is 232 g/mol. The standard InChI is InChI=1S/C14H20N2O/c1-10-7-11(2)14(12(3)8-10)17-6-5-13(9-15)16-4/h7-8,13,16H,5-6H2,1-4H3. The van der Waals surface area contributed by atoms with E-state index in [1.807, 2.05) is 0 Å². The van der Waals surface area contributed by atoms with E-state index in [0.717, 1.165) is 16.9 Å². The van der Waals surface area contributed by atoms with Crippen LogP contribution in [-0.4, -0.2) is 19.7 Å². The van der Waals surface area contributed by atoms with Crippen LogP contribution in [0.25, 0.3) is 0 Å². The molecule has 0 fully saturated rings. The van der Waals surface area contributed by atoms with Crippen LogP contribution in [0.5, 0.6) is 5.75 Å². The molecular weight excluding hydrogens is 212 g/mol. The first kappa shape index (κ1) is 13.5. The molecule has 0 aliphatic carbocycles. The van der Waals surface area contributed by atoms with Crippen molar-refractivity contribution >= 4 is 0 Å². The van der Waals surface area contributed by atoms with Crippen LogP contribution in [-0.2, 0) is 0 Å². The summed E-state index contributed by atoms with van der Waals surface area (Å²) >= 11 is 0. The smallest absolute Gasteiger partial charge is 0.125 e. The van der Waals surface area contributed by atoms with Crippen LogP contribution in [0.2, 0.25) is 0 Å². The summed E-state index contributed by atoms with van der Waals surface area (Å²) in [7, 11) is 1.79. The summed E-state index contributed by atoms with van der Waals surface area (Å²) in [6, 6.07) is 6.27. The van der Waals surface area contributed by atoms with Gasteiger partial charge in [0, 0.05) is 6.42 Å². The largest absolute Gasteiger partial charge is 0.493 e. The van der Waals surface area contributed by atoms with Gasteiger partial charge in [-0.3, -0.25) is 0 Å². The van der Waals surface area contributed by atoms with E-state index in [1.165, 1.54) is 5.56 Å². The molecule has 92 valence electrons. The molecule has 1 aromatic carbocycles. The van der Waals surface area contributed by atoms with Gasteiger partial charge in [-0.15, -0.1) is 0 Å². The SMILES string of the molecule is CNC(C#N)CCOc1c(C)cc(C)cc1C. The van der Waals surface area contributed by atoms with E-state index in [0.29, 0.717) is 13.0 Å². The molecule has 1 unspecified atom stereocenters. The van der Waals surface area contributed by atoms with Crippen molar-refractivity contribution in [3.05, 3.63) is 28.8 Å². The van der Waals surface area contributed by atoms with Gasteiger partial charge >= 0.3 is 0 Å². The van der Waals surface area contributed by atoms with Gasteiger partial charge < -0.3 is 10.1 Å². The molecule has 0 aromatic heterocycles. The van der Waals surface area contributed by atoms with Crippen molar-refractivity contribution < 1.29 is 4.74 Å². The third-order valence-electron chi connectivity index (χ3n) is 2.76. The summed E-state index contributed by atoms with van der Waals surface area (Å²) in [6.45, 7) is 6.74. The number of benzene rings is 1. The fourth-order valence-electron chi connectivity index (χ4n) is 1.95. The molecule has 0 amide bonds. The highest BCUT2D eigenvalue weighted by Gasteiger charge is 2.07. The van der Waals surface area contributed by atoms with Gasteiger partial charge in [-0.25, -0.2) is 0 Å². The van der Waals surface area contributed by atoms with Crippen molar-refractivity contribution in [2.45, 2.75) is 33.2 Å². The Labute approximate surface area is 103 Å². The predicted molar refractivity (Wildman–Crippen MR) is 69.2 cm³/mol. The average Bonchev–Trinajstić information content (AvgIpc) is 2.27. The van der Waals surface area contributed by atoms with Crippen molar-refractivity contribution in [2.75, 3.05) is 13.7 Å². The van der Waals surface area contributed by atoms with Crippen LogP contribution in [0.4, 0.5) is 0 Å². The fourth-order valence-corrected chi connectivity index (χ4v) is 1.95. The van der Waals surface area contributed by atoms with Gasteiger partial charge in [-0.05, 0) is 38.9 Å². The Morgan fingerprint density at radius 3 is 2.35 bits per heavy atom. The molecule has 0 saturated carbocycles. The first-order valence-corrected chi connectivity index (χ1v) is 5.86. The zero-order valence-electron chi connectivity index (χ0n) is 11.0. The van der Waals surface area contributed by atoms with E-state index in [2.05, 4.69) is 44.3 Å². The molecule has 17 heavy (non-hydrogen) atoms. The number of hydrogen-bond donors (Lipinski definition) is 1. The van der Waals surface area contributed by atoms with Crippen LogP contribution in [0.1, 0.15) is 23.1 Å². The topological polar surface area (TPSA) is 45.0 Å². The van der Waals surface area contributed by atoms with Gasteiger partial charge in [-0.1, -0.05) is 17.7 Å². The minimum atomic E-state index is -0.138. The first-order valence-electron chi connectivity index (χ1n) is 5.86. The summed E-state index contributed by atoms with van der Waals surface area (Å²) in [6.07, 6.45) is 0.694. The van der Waals surface area contributed by atoms with E-state index in [-0.39, 0.29) is 6.04 Å². The molecule has 1 aromatic rings. The highest BCUT2D eigenvalue weighted by molar-refractivity contribution is 5.42. The first-order chi connectivity index (χ1) is 8.08. The van der Waals surface area contributed by atoms with Crippen LogP contribution in [0.15, 0.2) is 12.1 Å². The third kappa shape index (κ3) is 3.76. The zero-order chi connectivity index (χ0) is 12.8. The third-order valence-corrected chi connectivity index (χ3v) is 2.76. The lowest BCUT2D eigenvalue weighted by molar-refractivity contribution is 0.296. The molecule has 1 rings (SSSR count). The van der Waals surface area contributed by atoms with E-state index < -0.39 is 0 Å². The van der Waals surface area contributed by atoms with Crippen molar-refractivity contribution in [1.82, 2.24) is 5.32 Å². The van der Waals surface area contributed by atoms with Gasteiger partial charge in [0.15, 0.2) is 0 Å². The predicted octanol–water partition coefficient (Wildman–Crippen LogP) is 2.49.